The van der Waals surface area contributed by atoms with Gasteiger partial charge in [0.1, 0.15) is 0 Å². The third kappa shape index (κ3) is 5.57. The zero-order valence-corrected chi connectivity index (χ0v) is 9.74. The molecule has 0 aromatic heterocycles. The fourth-order valence-electron chi connectivity index (χ4n) is 1.00. The van der Waals surface area contributed by atoms with Crippen molar-refractivity contribution >= 4 is 5.91 Å². The van der Waals surface area contributed by atoms with E-state index in [0.29, 0.717) is 5.57 Å². The van der Waals surface area contributed by atoms with Crippen molar-refractivity contribution in [2.75, 3.05) is 0 Å². The summed E-state index contributed by atoms with van der Waals surface area (Å²) in [6, 6.07) is 0. The van der Waals surface area contributed by atoms with Gasteiger partial charge in [-0.15, -0.1) is 6.58 Å². The monoisotopic (exact) mass is 195 g/mol. The molecule has 0 aliphatic heterocycles. The summed E-state index contributed by atoms with van der Waals surface area (Å²) in [6.07, 6.45) is 1.84. The number of nitrogens with one attached hydrogen (secondary N) is 1. The molecule has 0 spiro atoms. The lowest BCUT2D eigenvalue weighted by molar-refractivity contribution is -0.119. The van der Waals surface area contributed by atoms with E-state index in [1.807, 2.05) is 20.8 Å². The topological polar surface area (TPSA) is 29.1 Å². The molecule has 0 aliphatic carbocycles. The van der Waals surface area contributed by atoms with Crippen LogP contribution in [-0.4, -0.2) is 11.4 Å². The summed E-state index contributed by atoms with van der Waals surface area (Å²) in [4.78, 5) is 11.4. The molecule has 0 saturated carbocycles. The second-order valence-corrected chi connectivity index (χ2v) is 4.58. The number of hydrogen-bond donors (Lipinski definition) is 1. The predicted octanol–water partition coefficient (Wildman–Crippen LogP) is 2.81. The Morgan fingerprint density at radius 2 is 1.79 bits per heavy atom. The third-order valence-corrected chi connectivity index (χ3v) is 2.02. The number of hydrogen-bond acceptors (Lipinski definition) is 1. The Morgan fingerprint density at radius 1 is 1.29 bits per heavy atom. The highest BCUT2D eigenvalue weighted by Crippen LogP contribution is 2.15. The van der Waals surface area contributed by atoms with Gasteiger partial charge in [-0.25, -0.2) is 0 Å². The Labute approximate surface area is 87.1 Å². The molecule has 0 saturated heterocycles. The molecule has 0 aliphatic rings. The first kappa shape index (κ1) is 12.9. The fourth-order valence-corrected chi connectivity index (χ4v) is 1.00. The van der Waals surface area contributed by atoms with Crippen molar-refractivity contribution in [2.24, 2.45) is 0 Å². The van der Waals surface area contributed by atoms with Gasteiger partial charge in [0.05, 0.1) is 0 Å². The van der Waals surface area contributed by atoms with Crippen LogP contribution >= 0.6 is 0 Å². The highest BCUT2D eigenvalue weighted by molar-refractivity contribution is 5.92. The molecule has 0 aromatic rings. The van der Waals surface area contributed by atoms with Crippen LogP contribution in [0.2, 0.25) is 0 Å². The molecule has 0 atom stereocenters. The number of amides is 1. The molecular weight excluding hydrogens is 174 g/mol. The van der Waals surface area contributed by atoms with Crippen LogP contribution in [0.4, 0.5) is 0 Å². The van der Waals surface area contributed by atoms with Crippen LogP contribution in [0.3, 0.4) is 0 Å². The summed E-state index contributed by atoms with van der Waals surface area (Å²) < 4.78 is 0. The number of carbonyl (C=O) groups is 1. The smallest absolute Gasteiger partial charge is 0.246 e. The second-order valence-electron chi connectivity index (χ2n) is 4.58. The average molecular weight is 195 g/mol. The molecule has 0 bridgehead atoms. The molecule has 1 amide bonds. The van der Waals surface area contributed by atoms with Crippen LogP contribution in [-0.2, 0) is 4.79 Å². The molecule has 0 fully saturated rings. The SMILES string of the molecule is C=C(C)CCC(C)(C)NC(=O)C(=C)C. The van der Waals surface area contributed by atoms with Crippen molar-refractivity contribution in [1.29, 1.82) is 0 Å². The molecule has 0 radical (unpaired) electrons. The van der Waals surface area contributed by atoms with Gasteiger partial charge in [-0.3, -0.25) is 4.79 Å². The van der Waals surface area contributed by atoms with Gasteiger partial charge in [0, 0.05) is 11.1 Å². The zero-order valence-electron chi connectivity index (χ0n) is 9.74. The van der Waals surface area contributed by atoms with E-state index in [1.165, 1.54) is 0 Å². The van der Waals surface area contributed by atoms with E-state index in [9.17, 15) is 4.79 Å². The molecule has 1 N–H and O–H groups in total. The summed E-state index contributed by atoms with van der Waals surface area (Å²) >= 11 is 0. The highest BCUT2D eigenvalue weighted by Gasteiger charge is 2.19. The number of rotatable bonds is 5. The summed E-state index contributed by atoms with van der Waals surface area (Å²) in [5.74, 6) is -0.0725. The van der Waals surface area contributed by atoms with E-state index in [2.05, 4.69) is 18.5 Å². The van der Waals surface area contributed by atoms with E-state index in [-0.39, 0.29) is 11.4 Å². The molecule has 2 nitrogen and oxygen atoms in total. The van der Waals surface area contributed by atoms with Gasteiger partial charge >= 0.3 is 0 Å². The molecule has 14 heavy (non-hydrogen) atoms. The van der Waals surface area contributed by atoms with Crippen LogP contribution in [0.1, 0.15) is 40.5 Å². The van der Waals surface area contributed by atoms with E-state index < -0.39 is 0 Å². The minimum atomic E-state index is -0.186. The maximum Gasteiger partial charge on any atom is 0.246 e. The van der Waals surface area contributed by atoms with Crippen molar-refractivity contribution in [3.63, 3.8) is 0 Å². The summed E-state index contributed by atoms with van der Waals surface area (Å²) in [7, 11) is 0. The van der Waals surface area contributed by atoms with Crippen LogP contribution in [0.25, 0.3) is 0 Å². The lowest BCUT2D eigenvalue weighted by atomic mass is 9.96. The van der Waals surface area contributed by atoms with E-state index in [0.717, 1.165) is 18.4 Å². The largest absolute Gasteiger partial charge is 0.347 e. The zero-order chi connectivity index (χ0) is 11.4. The van der Waals surface area contributed by atoms with Gasteiger partial charge < -0.3 is 5.32 Å². The van der Waals surface area contributed by atoms with Gasteiger partial charge in [0.25, 0.3) is 0 Å². The Morgan fingerprint density at radius 3 is 2.14 bits per heavy atom. The van der Waals surface area contributed by atoms with E-state index in [1.54, 1.807) is 6.92 Å². The maximum absolute atomic E-state index is 11.4. The Balaban J connectivity index is 4.13. The minimum Gasteiger partial charge on any atom is -0.347 e. The number of allylic oxidation sites excluding steroid dienone is 1. The van der Waals surface area contributed by atoms with Crippen molar-refractivity contribution in [3.8, 4) is 0 Å². The van der Waals surface area contributed by atoms with Crippen LogP contribution in [0.5, 0.6) is 0 Å². The predicted molar refractivity (Wildman–Crippen MR) is 61.1 cm³/mol. The first-order chi connectivity index (χ1) is 6.24. The van der Waals surface area contributed by atoms with Crippen molar-refractivity contribution in [3.05, 3.63) is 24.3 Å². The molecule has 0 aromatic carbocycles. The number of carbonyl (C=O) groups excluding carboxylic acids is 1. The molecule has 0 heterocycles. The van der Waals surface area contributed by atoms with Crippen molar-refractivity contribution in [2.45, 2.75) is 46.1 Å². The Hall–Kier alpha value is -1.05. The summed E-state index contributed by atoms with van der Waals surface area (Å²) in [5, 5.41) is 2.93. The second kappa shape index (κ2) is 4.99. The van der Waals surface area contributed by atoms with E-state index in [4.69, 9.17) is 0 Å². The Bertz CT molecular complexity index is 251. The highest BCUT2D eigenvalue weighted by atomic mass is 16.1. The standard InChI is InChI=1S/C12H21NO/c1-9(2)7-8-12(5,6)13-11(14)10(3)4/h1,3,7-8H2,2,4-6H3,(H,13,14). The van der Waals surface area contributed by atoms with E-state index >= 15 is 0 Å². The molecule has 0 rings (SSSR count). The van der Waals surface area contributed by atoms with Gasteiger partial charge in [-0.1, -0.05) is 12.2 Å². The summed E-state index contributed by atoms with van der Waals surface area (Å²) in [5.41, 5.74) is 1.51. The molecule has 80 valence electrons. The van der Waals surface area contributed by atoms with Crippen LogP contribution in [0.15, 0.2) is 24.3 Å². The summed E-state index contributed by atoms with van der Waals surface area (Å²) in [6.45, 7) is 15.2. The quantitative estimate of drug-likeness (QED) is 0.530. The first-order valence-electron chi connectivity index (χ1n) is 4.87. The fraction of sp³-hybridized carbons (Fsp3) is 0.583. The molecular formula is C12H21NO. The molecule has 2 heteroatoms. The van der Waals surface area contributed by atoms with Gasteiger partial charge in [0.15, 0.2) is 0 Å². The minimum absolute atomic E-state index is 0.0725. The van der Waals surface area contributed by atoms with Gasteiger partial charge in [-0.2, -0.15) is 0 Å². The molecule has 0 unspecified atom stereocenters. The van der Waals surface area contributed by atoms with Gasteiger partial charge in [-0.05, 0) is 40.5 Å². The third-order valence-electron chi connectivity index (χ3n) is 2.02. The van der Waals surface area contributed by atoms with Crippen LogP contribution < -0.4 is 5.32 Å². The lowest BCUT2D eigenvalue weighted by Crippen LogP contribution is -2.43. The lowest BCUT2D eigenvalue weighted by Gasteiger charge is -2.26. The van der Waals surface area contributed by atoms with Crippen LogP contribution in [0, 0.1) is 0 Å². The Kier molecular flexibility index (Phi) is 4.61. The maximum atomic E-state index is 11.4. The van der Waals surface area contributed by atoms with Crippen molar-refractivity contribution in [1.82, 2.24) is 5.32 Å². The average Bonchev–Trinajstić information content (AvgIpc) is 2.00. The first-order valence-corrected chi connectivity index (χ1v) is 4.87. The van der Waals surface area contributed by atoms with Crippen molar-refractivity contribution < 1.29 is 4.79 Å². The normalized spacial score (nSPS) is 10.9. The van der Waals surface area contributed by atoms with Gasteiger partial charge in [0.2, 0.25) is 5.91 Å².